The van der Waals surface area contributed by atoms with Gasteiger partial charge in [-0.15, -0.1) is 11.3 Å². The van der Waals surface area contributed by atoms with E-state index in [0.717, 1.165) is 0 Å². The van der Waals surface area contributed by atoms with Crippen molar-refractivity contribution in [3.8, 4) is 0 Å². The monoisotopic (exact) mass is 487 g/mol. The molecule has 0 spiro atoms. The summed E-state index contributed by atoms with van der Waals surface area (Å²) in [5, 5.41) is 2.20. The van der Waals surface area contributed by atoms with E-state index in [4.69, 9.17) is 4.74 Å². The molecule has 1 amide bonds. The molecule has 0 fully saturated rings. The fraction of sp³-hybridized carbons (Fsp3) is 0.261. The quantitative estimate of drug-likeness (QED) is 0.419. The standard InChI is InChI=1S/C23H25N3O5S2/c1-4-25(5-2)33(29,30)21-13-11-18(12-14-21)22(28)31-15-19-16-32-23(24-19)26(17(3)27)20-9-7-6-8-10-20/h6-14,16H,4-5,15H2,1-3H3. The van der Waals surface area contributed by atoms with Crippen molar-refractivity contribution in [2.75, 3.05) is 18.0 Å². The van der Waals surface area contributed by atoms with Crippen LogP contribution in [0.25, 0.3) is 0 Å². The minimum Gasteiger partial charge on any atom is -0.456 e. The van der Waals surface area contributed by atoms with Gasteiger partial charge in [0.15, 0.2) is 5.13 Å². The first-order valence-electron chi connectivity index (χ1n) is 10.3. The minimum atomic E-state index is -3.59. The van der Waals surface area contributed by atoms with E-state index in [1.807, 2.05) is 30.3 Å². The highest BCUT2D eigenvalue weighted by molar-refractivity contribution is 7.89. The number of ether oxygens (including phenoxy) is 1. The largest absolute Gasteiger partial charge is 0.456 e. The molecule has 1 heterocycles. The van der Waals surface area contributed by atoms with Crippen LogP contribution in [0.5, 0.6) is 0 Å². The molecule has 1 aromatic heterocycles. The summed E-state index contributed by atoms with van der Waals surface area (Å²) in [6.07, 6.45) is 0. The number of sulfonamides is 1. The van der Waals surface area contributed by atoms with Gasteiger partial charge in [-0.2, -0.15) is 4.31 Å². The number of thiazole rings is 1. The second-order valence-electron chi connectivity index (χ2n) is 7.00. The third-order valence-corrected chi connectivity index (χ3v) is 7.78. The van der Waals surface area contributed by atoms with E-state index in [1.165, 1.54) is 51.7 Å². The Morgan fingerprint density at radius 3 is 2.21 bits per heavy atom. The van der Waals surface area contributed by atoms with Crippen molar-refractivity contribution in [2.24, 2.45) is 0 Å². The van der Waals surface area contributed by atoms with Crippen LogP contribution in [-0.4, -0.2) is 42.7 Å². The zero-order chi connectivity index (χ0) is 24.0. The lowest BCUT2D eigenvalue weighted by Gasteiger charge is -2.18. The van der Waals surface area contributed by atoms with Crippen molar-refractivity contribution in [3.05, 3.63) is 71.2 Å². The summed E-state index contributed by atoms with van der Waals surface area (Å²) in [6, 6.07) is 14.8. The third-order valence-electron chi connectivity index (χ3n) is 4.84. The fourth-order valence-electron chi connectivity index (χ4n) is 3.17. The Labute approximate surface area is 197 Å². The van der Waals surface area contributed by atoms with Crippen LogP contribution in [0.2, 0.25) is 0 Å². The Morgan fingerprint density at radius 1 is 1.00 bits per heavy atom. The summed E-state index contributed by atoms with van der Waals surface area (Å²) >= 11 is 1.27. The Bertz CT molecular complexity index is 1200. The van der Waals surface area contributed by atoms with Crippen LogP contribution in [0.3, 0.4) is 0 Å². The summed E-state index contributed by atoms with van der Waals surface area (Å²) in [4.78, 5) is 30.6. The van der Waals surface area contributed by atoms with E-state index in [1.54, 1.807) is 19.2 Å². The molecule has 0 saturated carbocycles. The third kappa shape index (κ3) is 5.65. The minimum absolute atomic E-state index is 0.0740. The van der Waals surface area contributed by atoms with E-state index in [-0.39, 0.29) is 23.0 Å². The molecule has 0 N–H and O–H groups in total. The topological polar surface area (TPSA) is 96.9 Å². The van der Waals surface area contributed by atoms with Crippen LogP contribution in [0.4, 0.5) is 10.8 Å². The Balaban J connectivity index is 1.67. The molecule has 0 unspecified atom stereocenters. The first-order chi connectivity index (χ1) is 15.8. The molecule has 0 aliphatic heterocycles. The molecule has 174 valence electrons. The number of hydrogen-bond acceptors (Lipinski definition) is 7. The van der Waals surface area contributed by atoms with Crippen LogP contribution in [0.1, 0.15) is 36.8 Å². The lowest BCUT2D eigenvalue weighted by molar-refractivity contribution is -0.115. The lowest BCUT2D eigenvalue weighted by atomic mass is 10.2. The van der Waals surface area contributed by atoms with Crippen LogP contribution < -0.4 is 4.90 Å². The van der Waals surface area contributed by atoms with Crippen LogP contribution in [0, 0.1) is 0 Å². The summed E-state index contributed by atoms with van der Waals surface area (Å²) in [7, 11) is -3.59. The average molecular weight is 488 g/mol. The Hall–Kier alpha value is -3.08. The first-order valence-corrected chi connectivity index (χ1v) is 12.7. The number of carbonyl (C=O) groups excluding carboxylic acids is 2. The number of nitrogens with zero attached hydrogens (tertiary/aromatic N) is 3. The number of para-hydroxylation sites is 1. The molecular weight excluding hydrogens is 462 g/mol. The van der Waals surface area contributed by atoms with Crippen molar-refractivity contribution in [1.29, 1.82) is 0 Å². The van der Waals surface area contributed by atoms with Crippen molar-refractivity contribution >= 4 is 44.1 Å². The van der Waals surface area contributed by atoms with Gasteiger partial charge in [-0.3, -0.25) is 9.69 Å². The van der Waals surface area contributed by atoms with E-state index in [2.05, 4.69) is 4.98 Å². The van der Waals surface area contributed by atoms with Crippen molar-refractivity contribution in [1.82, 2.24) is 9.29 Å². The number of benzene rings is 2. The van der Waals surface area contributed by atoms with E-state index >= 15 is 0 Å². The Kier molecular flexibility index (Phi) is 7.96. The number of carbonyl (C=O) groups is 2. The maximum Gasteiger partial charge on any atom is 0.338 e. The molecule has 0 aliphatic rings. The number of aromatic nitrogens is 1. The molecule has 3 rings (SSSR count). The second kappa shape index (κ2) is 10.7. The van der Waals surface area contributed by atoms with Gasteiger partial charge in [-0.1, -0.05) is 32.0 Å². The number of anilines is 2. The maximum atomic E-state index is 12.6. The number of amides is 1. The predicted molar refractivity (Wildman–Crippen MR) is 127 cm³/mol. The summed E-state index contributed by atoms with van der Waals surface area (Å²) in [5.41, 5.74) is 1.44. The molecule has 3 aromatic rings. The van der Waals surface area contributed by atoms with Crippen LogP contribution in [0.15, 0.2) is 64.9 Å². The highest BCUT2D eigenvalue weighted by Crippen LogP contribution is 2.29. The molecule has 0 bridgehead atoms. The first kappa shape index (κ1) is 24.6. The van der Waals surface area contributed by atoms with Gasteiger partial charge in [0.05, 0.1) is 21.8 Å². The van der Waals surface area contributed by atoms with Crippen LogP contribution in [-0.2, 0) is 26.2 Å². The van der Waals surface area contributed by atoms with Gasteiger partial charge in [0.1, 0.15) is 6.61 Å². The van der Waals surface area contributed by atoms with Crippen LogP contribution >= 0.6 is 11.3 Å². The van der Waals surface area contributed by atoms with Gasteiger partial charge in [-0.25, -0.2) is 18.2 Å². The second-order valence-corrected chi connectivity index (χ2v) is 9.78. The average Bonchev–Trinajstić information content (AvgIpc) is 3.27. The molecule has 0 atom stereocenters. The predicted octanol–water partition coefficient (Wildman–Crippen LogP) is 4.22. The molecule has 0 saturated heterocycles. The van der Waals surface area contributed by atoms with Crippen molar-refractivity contribution in [3.63, 3.8) is 0 Å². The van der Waals surface area contributed by atoms with E-state index in [9.17, 15) is 18.0 Å². The molecular formula is C23H25N3O5S2. The molecule has 0 radical (unpaired) electrons. The SMILES string of the molecule is CCN(CC)S(=O)(=O)c1ccc(C(=O)OCc2csc(N(C(C)=O)c3ccccc3)n2)cc1. The molecule has 33 heavy (non-hydrogen) atoms. The van der Waals surface area contributed by atoms with Gasteiger partial charge in [0, 0.05) is 25.4 Å². The summed E-state index contributed by atoms with van der Waals surface area (Å²) < 4.78 is 31.8. The van der Waals surface area contributed by atoms with Gasteiger partial charge in [0.25, 0.3) is 0 Å². The van der Waals surface area contributed by atoms with E-state index in [0.29, 0.717) is 29.6 Å². The normalized spacial score (nSPS) is 11.4. The number of hydrogen-bond donors (Lipinski definition) is 0. The lowest BCUT2D eigenvalue weighted by Crippen LogP contribution is -2.30. The maximum absolute atomic E-state index is 12.6. The Morgan fingerprint density at radius 2 is 1.64 bits per heavy atom. The van der Waals surface area contributed by atoms with Gasteiger partial charge in [0.2, 0.25) is 15.9 Å². The van der Waals surface area contributed by atoms with Crippen molar-refractivity contribution in [2.45, 2.75) is 32.3 Å². The highest BCUT2D eigenvalue weighted by Gasteiger charge is 2.22. The number of rotatable bonds is 9. The van der Waals surface area contributed by atoms with Crippen molar-refractivity contribution < 1.29 is 22.7 Å². The van der Waals surface area contributed by atoms with E-state index < -0.39 is 16.0 Å². The molecule has 2 aromatic carbocycles. The molecule has 10 heteroatoms. The van der Waals surface area contributed by atoms with Gasteiger partial charge in [-0.05, 0) is 36.4 Å². The molecule has 0 aliphatic carbocycles. The number of esters is 1. The highest BCUT2D eigenvalue weighted by atomic mass is 32.2. The zero-order valence-electron chi connectivity index (χ0n) is 18.6. The summed E-state index contributed by atoms with van der Waals surface area (Å²) in [6.45, 7) is 5.65. The van der Waals surface area contributed by atoms with Gasteiger partial charge < -0.3 is 4.74 Å². The van der Waals surface area contributed by atoms with Gasteiger partial charge >= 0.3 is 5.97 Å². The zero-order valence-corrected chi connectivity index (χ0v) is 20.2. The summed E-state index contributed by atoms with van der Waals surface area (Å²) in [5.74, 6) is -0.776. The molecule has 8 nitrogen and oxygen atoms in total. The smallest absolute Gasteiger partial charge is 0.338 e. The fourth-order valence-corrected chi connectivity index (χ4v) is 5.50.